The number of hydrogen-bond acceptors (Lipinski definition) is 2. The third-order valence-corrected chi connectivity index (χ3v) is 2.48. The number of aliphatic hydroxyl groups is 1. The number of aliphatic hydroxyl groups excluding tert-OH is 1. The number of Topliss-reactive ketones (excluding diaryl/α,β-unsaturated/α-hetero) is 1. The quantitative estimate of drug-likeness (QED) is 0.777. The van der Waals surface area contributed by atoms with Crippen molar-refractivity contribution in [2.45, 2.75) is 18.9 Å². The van der Waals surface area contributed by atoms with Crippen LogP contribution in [-0.4, -0.2) is 17.0 Å². The van der Waals surface area contributed by atoms with E-state index in [4.69, 9.17) is 0 Å². The van der Waals surface area contributed by atoms with Crippen LogP contribution < -0.4 is 0 Å². The van der Waals surface area contributed by atoms with E-state index in [1.165, 1.54) is 0 Å². The Morgan fingerprint density at radius 2 is 1.80 bits per heavy atom. The zero-order valence-corrected chi connectivity index (χ0v) is 7.91. The van der Waals surface area contributed by atoms with Crippen LogP contribution in [0, 0.1) is 17.6 Å². The van der Waals surface area contributed by atoms with Gasteiger partial charge in [0.25, 0.3) is 0 Å². The molecule has 1 saturated carbocycles. The lowest BCUT2D eigenvalue weighted by atomic mass is 10.0. The van der Waals surface area contributed by atoms with Gasteiger partial charge in [0.05, 0.1) is 0 Å². The van der Waals surface area contributed by atoms with E-state index in [0.29, 0.717) is 6.07 Å². The van der Waals surface area contributed by atoms with Crippen molar-refractivity contribution in [2.24, 2.45) is 5.92 Å². The summed E-state index contributed by atoms with van der Waals surface area (Å²) in [5.41, 5.74) is -0.105. The molecule has 0 heterocycles. The van der Waals surface area contributed by atoms with E-state index in [9.17, 15) is 18.7 Å². The van der Waals surface area contributed by atoms with Crippen molar-refractivity contribution in [2.75, 3.05) is 0 Å². The Morgan fingerprint density at radius 3 is 2.27 bits per heavy atom. The van der Waals surface area contributed by atoms with Gasteiger partial charge in [-0.25, -0.2) is 8.78 Å². The Morgan fingerprint density at radius 1 is 1.27 bits per heavy atom. The van der Waals surface area contributed by atoms with Crippen LogP contribution in [0.2, 0.25) is 0 Å². The normalized spacial score (nSPS) is 17.5. The molecule has 80 valence electrons. The van der Waals surface area contributed by atoms with Crippen molar-refractivity contribution < 1.29 is 18.7 Å². The van der Waals surface area contributed by atoms with Gasteiger partial charge in [-0.3, -0.25) is 4.79 Å². The number of halogens is 2. The monoisotopic (exact) mass is 212 g/mol. The molecule has 2 nitrogen and oxygen atoms in total. The maximum Gasteiger partial charge on any atom is 0.191 e. The molecule has 2 rings (SSSR count). The van der Waals surface area contributed by atoms with Crippen molar-refractivity contribution in [3.05, 3.63) is 35.4 Å². The third-order valence-electron chi connectivity index (χ3n) is 2.48. The average Bonchev–Trinajstić information content (AvgIpc) is 2.97. The van der Waals surface area contributed by atoms with Crippen molar-refractivity contribution in [1.29, 1.82) is 0 Å². The predicted molar refractivity (Wildman–Crippen MR) is 49.4 cm³/mol. The molecule has 1 atom stereocenters. The number of carbonyl (C=O) groups is 1. The molecule has 0 aromatic heterocycles. The van der Waals surface area contributed by atoms with E-state index in [2.05, 4.69) is 0 Å². The second-order valence-electron chi connectivity index (χ2n) is 3.80. The minimum absolute atomic E-state index is 0.0381. The lowest BCUT2D eigenvalue weighted by molar-refractivity contribution is 0.0703. The van der Waals surface area contributed by atoms with Gasteiger partial charge in [-0.2, -0.15) is 0 Å². The smallest absolute Gasteiger partial charge is 0.191 e. The third kappa shape index (κ3) is 2.21. The molecule has 1 aliphatic rings. The molecule has 0 radical (unpaired) electrons. The standard InChI is InChI=1S/C11H10F2O2/c12-8-3-7(4-9(13)5-8)11(15)10(14)6-1-2-6/h3-6,10,14H,1-2H2. The molecule has 1 unspecified atom stereocenters. The molecule has 1 fully saturated rings. The molecule has 4 heteroatoms. The van der Waals surface area contributed by atoms with Crippen LogP contribution >= 0.6 is 0 Å². The fraction of sp³-hybridized carbons (Fsp3) is 0.364. The predicted octanol–water partition coefficient (Wildman–Crippen LogP) is 1.92. The summed E-state index contributed by atoms with van der Waals surface area (Å²) in [6.45, 7) is 0. The van der Waals surface area contributed by atoms with Crippen molar-refractivity contribution >= 4 is 5.78 Å². The number of benzene rings is 1. The van der Waals surface area contributed by atoms with E-state index in [1.807, 2.05) is 0 Å². The first-order valence-electron chi connectivity index (χ1n) is 4.76. The lowest BCUT2D eigenvalue weighted by Gasteiger charge is -2.07. The Hall–Kier alpha value is -1.29. The maximum absolute atomic E-state index is 12.8. The van der Waals surface area contributed by atoms with E-state index < -0.39 is 23.5 Å². The Kier molecular flexibility index (Phi) is 2.52. The van der Waals surface area contributed by atoms with E-state index in [0.717, 1.165) is 25.0 Å². The average molecular weight is 212 g/mol. The molecule has 0 saturated heterocycles. The van der Waals surface area contributed by atoms with Gasteiger partial charge in [-0.05, 0) is 30.9 Å². The molecule has 0 amide bonds. The molecule has 0 bridgehead atoms. The van der Waals surface area contributed by atoms with Crippen LogP contribution in [0.25, 0.3) is 0 Å². The first-order chi connectivity index (χ1) is 7.08. The van der Waals surface area contributed by atoms with E-state index in [-0.39, 0.29) is 11.5 Å². The van der Waals surface area contributed by atoms with Crippen LogP contribution in [0.3, 0.4) is 0 Å². The number of ketones is 1. The first-order valence-corrected chi connectivity index (χ1v) is 4.76. The number of rotatable bonds is 3. The van der Waals surface area contributed by atoms with E-state index in [1.54, 1.807) is 0 Å². The van der Waals surface area contributed by atoms with E-state index >= 15 is 0 Å². The topological polar surface area (TPSA) is 37.3 Å². The summed E-state index contributed by atoms with van der Waals surface area (Å²) >= 11 is 0. The Balaban J connectivity index is 2.24. The zero-order valence-electron chi connectivity index (χ0n) is 7.91. The van der Waals surface area contributed by atoms with Crippen molar-refractivity contribution in [3.8, 4) is 0 Å². The highest BCUT2D eigenvalue weighted by atomic mass is 19.1. The van der Waals surface area contributed by atoms with Gasteiger partial charge in [0, 0.05) is 11.6 Å². The SMILES string of the molecule is O=C(c1cc(F)cc(F)c1)C(O)C1CC1. The molecule has 1 N–H and O–H groups in total. The minimum atomic E-state index is -1.12. The molecular formula is C11H10F2O2. The fourth-order valence-corrected chi connectivity index (χ4v) is 1.49. The summed E-state index contributed by atoms with van der Waals surface area (Å²) in [6, 6.07) is 2.58. The van der Waals surface area contributed by atoms with Crippen LogP contribution in [0.4, 0.5) is 8.78 Å². The Labute approximate surface area is 85.5 Å². The van der Waals surface area contributed by atoms with Crippen LogP contribution in [0.15, 0.2) is 18.2 Å². The highest BCUT2D eigenvalue weighted by Crippen LogP contribution is 2.34. The van der Waals surface area contributed by atoms with Crippen molar-refractivity contribution in [3.63, 3.8) is 0 Å². The molecular weight excluding hydrogens is 202 g/mol. The van der Waals surface area contributed by atoms with Gasteiger partial charge < -0.3 is 5.11 Å². The summed E-state index contributed by atoms with van der Waals surface area (Å²) in [4.78, 5) is 11.5. The summed E-state index contributed by atoms with van der Waals surface area (Å²) < 4.78 is 25.6. The molecule has 0 spiro atoms. The Bertz CT molecular complexity index is 379. The van der Waals surface area contributed by atoms with Gasteiger partial charge in [0.1, 0.15) is 17.7 Å². The van der Waals surface area contributed by atoms with Gasteiger partial charge in [-0.15, -0.1) is 0 Å². The zero-order chi connectivity index (χ0) is 11.0. The van der Waals surface area contributed by atoms with Gasteiger partial charge in [0.15, 0.2) is 5.78 Å². The highest BCUT2D eigenvalue weighted by molar-refractivity contribution is 5.99. The van der Waals surface area contributed by atoms with Crippen LogP contribution in [0.1, 0.15) is 23.2 Å². The maximum atomic E-state index is 12.8. The lowest BCUT2D eigenvalue weighted by Crippen LogP contribution is -2.22. The highest BCUT2D eigenvalue weighted by Gasteiger charge is 2.35. The summed E-state index contributed by atoms with van der Waals surface area (Å²) in [6.07, 6.45) is 0.473. The number of hydrogen-bond donors (Lipinski definition) is 1. The molecule has 0 aliphatic heterocycles. The summed E-state index contributed by atoms with van der Waals surface area (Å²) in [5, 5.41) is 9.50. The number of carbonyl (C=O) groups excluding carboxylic acids is 1. The summed E-state index contributed by atoms with van der Waals surface area (Å²) in [7, 11) is 0. The first kappa shape index (κ1) is 10.2. The molecule has 1 aromatic carbocycles. The molecule has 1 aromatic rings. The summed E-state index contributed by atoms with van der Waals surface area (Å²) in [5.74, 6) is -2.25. The second kappa shape index (κ2) is 3.70. The van der Waals surface area contributed by atoms with Crippen LogP contribution in [0.5, 0.6) is 0 Å². The fourth-order valence-electron chi connectivity index (χ4n) is 1.49. The minimum Gasteiger partial charge on any atom is -0.385 e. The van der Waals surface area contributed by atoms with Gasteiger partial charge in [-0.1, -0.05) is 0 Å². The largest absolute Gasteiger partial charge is 0.385 e. The van der Waals surface area contributed by atoms with Crippen molar-refractivity contribution in [1.82, 2.24) is 0 Å². The van der Waals surface area contributed by atoms with Gasteiger partial charge >= 0.3 is 0 Å². The van der Waals surface area contributed by atoms with Crippen LogP contribution in [-0.2, 0) is 0 Å². The molecule has 15 heavy (non-hydrogen) atoms. The van der Waals surface area contributed by atoms with Gasteiger partial charge in [0.2, 0.25) is 0 Å². The molecule has 1 aliphatic carbocycles. The second-order valence-corrected chi connectivity index (χ2v) is 3.80.